The Hall–Kier alpha value is -3.20. The summed E-state index contributed by atoms with van der Waals surface area (Å²) < 4.78 is 13.2. The van der Waals surface area contributed by atoms with Crippen LogP contribution in [0, 0.1) is 0 Å². The molecule has 0 spiro atoms. The lowest BCUT2D eigenvalue weighted by Crippen LogP contribution is -2.25. The van der Waals surface area contributed by atoms with Crippen molar-refractivity contribution in [1.29, 1.82) is 0 Å². The third-order valence-corrected chi connectivity index (χ3v) is 6.63. The molecular formula is C26H28BrN3O5. The summed E-state index contributed by atoms with van der Waals surface area (Å²) in [6.07, 6.45) is 5.91. The third-order valence-electron chi connectivity index (χ3n) is 6.05. The lowest BCUT2D eigenvalue weighted by molar-refractivity contribution is -0.144. The highest BCUT2D eigenvalue weighted by atomic mass is 79.9. The van der Waals surface area contributed by atoms with Crippen molar-refractivity contribution < 1.29 is 19.4 Å². The average Bonchev–Trinajstić information content (AvgIpc) is 2.86. The van der Waals surface area contributed by atoms with E-state index in [4.69, 9.17) is 14.5 Å². The number of halogens is 1. The molecule has 4 rings (SSSR count). The van der Waals surface area contributed by atoms with Crippen LogP contribution in [0.4, 0.5) is 0 Å². The molecule has 0 unspecified atom stereocenters. The number of ether oxygens (including phenoxy) is 2. The number of carboxylic acids is 1. The van der Waals surface area contributed by atoms with E-state index in [1.807, 2.05) is 25.1 Å². The summed E-state index contributed by atoms with van der Waals surface area (Å²) in [5.74, 6) is 0.462. The lowest BCUT2D eigenvalue weighted by atomic mass is 9.88. The Kier molecular flexibility index (Phi) is 7.85. The predicted molar refractivity (Wildman–Crippen MR) is 138 cm³/mol. The molecule has 184 valence electrons. The van der Waals surface area contributed by atoms with Crippen LogP contribution in [0.3, 0.4) is 0 Å². The molecule has 1 N–H and O–H groups in total. The second kappa shape index (κ2) is 11.0. The molecule has 35 heavy (non-hydrogen) atoms. The maximum Gasteiger partial charge on any atom is 0.344 e. The largest absolute Gasteiger partial charge is 0.490 e. The minimum atomic E-state index is -1.08. The van der Waals surface area contributed by atoms with E-state index in [0.29, 0.717) is 44.9 Å². The van der Waals surface area contributed by atoms with Crippen LogP contribution >= 0.6 is 15.9 Å². The van der Waals surface area contributed by atoms with Crippen molar-refractivity contribution in [2.24, 2.45) is 5.10 Å². The molecule has 0 saturated heterocycles. The minimum Gasteiger partial charge on any atom is -0.490 e. The van der Waals surface area contributed by atoms with Crippen molar-refractivity contribution in [2.45, 2.75) is 58.0 Å². The Bertz CT molecular complexity index is 1310. The maximum absolute atomic E-state index is 13.4. The molecule has 1 heterocycles. The fourth-order valence-electron chi connectivity index (χ4n) is 4.27. The number of carboxylic acid groups (broad SMARTS) is 1. The van der Waals surface area contributed by atoms with E-state index in [1.165, 1.54) is 18.0 Å². The molecule has 8 nitrogen and oxygen atoms in total. The van der Waals surface area contributed by atoms with Gasteiger partial charge in [0.05, 0.1) is 28.2 Å². The van der Waals surface area contributed by atoms with Crippen LogP contribution in [0.1, 0.15) is 63.3 Å². The predicted octanol–water partition coefficient (Wildman–Crippen LogP) is 5.34. The van der Waals surface area contributed by atoms with Gasteiger partial charge in [-0.3, -0.25) is 4.79 Å². The van der Waals surface area contributed by atoms with Gasteiger partial charge < -0.3 is 14.6 Å². The van der Waals surface area contributed by atoms with Crippen LogP contribution in [-0.4, -0.2) is 39.7 Å². The molecule has 0 aliphatic heterocycles. The van der Waals surface area contributed by atoms with Gasteiger partial charge in [0, 0.05) is 5.92 Å². The number of aromatic nitrogens is 2. The van der Waals surface area contributed by atoms with Gasteiger partial charge in [-0.15, -0.1) is 0 Å². The zero-order valence-corrected chi connectivity index (χ0v) is 21.3. The molecule has 1 atom stereocenters. The first-order valence-electron chi connectivity index (χ1n) is 11.8. The van der Waals surface area contributed by atoms with Gasteiger partial charge in [0.2, 0.25) is 0 Å². The topological polar surface area (TPSA) is 103 Å². The molecule has 1 aliphatic carbocycles. The van der Waals surface area contributed by atoms with Crippen LogP contribution in [0.15, 0.2) is 50.8 Å². The minimum absolute atomic E-state index is 0.178. The summed E-state index contributed by atoms with van der Waals surface area (Å²) in [5, 5.41) is 14.3. The van der Waals surface area contributed by atoms with Crippen LogP contribution in [-0.2, 0) is 4.79 Å². The summed E-state index contributed by atoms with van der Waals surface area (Å²) in [7, 11) is 0. The van der Waals surface area contributed by atoms with Gasteiger partial charge in [-0.1, -0.05) is 31.4 Å². The summed E-state index contributed by atoms with van der Waals surface area (Å²) in [6.45, 7) is 3.65. The van der Waals surface area contributed by atoms with Gasteiger partial charge in [-0.05, 0) is 72.4 Å². The summed E-state index contributed by atoms with van der Waals surface area (Å²) >= 11 is 3.46. The Morgan fingerprint density at radius 2 is 2.03 bits per heavy atom. The highest BCUT2D eigenvalue weighted by molar-refractivity contribution is 9.10. The Morgan fingerprint density at radius 1 is 1.29 bits per heavy atom. The molecule has 1 fully saturated rings. The molecule has 0 amide bonds. The van der Waals surface area contributed by atoms with Crippen molar-refractivity contribution in [1.82, 2.24) is 9.66 Å². The van der Waals surface area contributed by atoms with Gasteiger partial charge in [-0.2, -0.15) is 9.78 Å². The fourth-order valence-corrected chi connectivity index (χ4v) is 4.82. The van der Waals surface area contributed by atoms with Crippen molar-refractivity contribution >= 4 is 39.0 Å². The molecular weight excluding hydrogens is 514 g/mol. The lowest BCUT2D eigenvalue weighted by Gasteiger charge is -2.22. The van der Waals surface area contributed by atoms with Crippen LogP contribution < -0.4 is 15.0 Å². The smallest absolute Gasteiger partial charge is 0.344 e. The van der Waals surface area contributed by atoms with Gasteiger partial charge in [0.1, 0.15) is 5.82 Å². The summed E-state index contributed by atoms with van der Waals surface area (Å²) in [5.41, 5.74) is 1.14. The molecule has 1 saturated carbocycles. The number of hydrogen-bond donors (Lipinski definition) is 1. The number of nitrogens with zero attached hydrogens (tertiary/aromatic N) is 3. The second-order valence-corrected chi connectivity index (χ2v) is 9.40. The van der Waals surface area contributed by atoms with E-state index >= 15 is 0 Å². The highest BCUT2D eigenvalue weighted by Crippen LogP contribution is 2.37. The molecule has 0 radical (unpaired) electrons. The van der Waals surface area contributed by atoms with Gasteiger partial charge >= 0.3 is 5.97 Å². The Balaban J connectivity index is 1.76. The third kappa shape index (κ3) is 5.56. The van der Waals surface area contributed by atoms with E-state index in [0.717, 1.165) is 25.7 Å². The van der Waals surface area contributed by atoms with Gasteiger partial charge in [0.25, 0.3) is 5.56 Å². The quantitative estimate of drug-likeness (QED) is 0.386. The van der Waals surface area contributed by atoms with Crippen molar-refractivity contribution in [3.05, 3.63) is 62.6 Å². The highest BCUT2D eigenvalue weighted by Gasteiger charge is 2.23. The number of rotatable bonds is 8. The first kappa shape index (κ1) is 24.9. The molecule has 9 heteroatoms. The molecule has 1 aliphatic rings. The van der Waals surface area contributed by atoms with Crippen molar-refractivity contribution in [2.75, 3.05) is 6.61 Å². The summed E-state index contributed by atoms with van der Waals surface area (Å²) in [6, 6.07) is 10.8. The van der Waals surface area contributed by atoms with E-state index in [9.17, 15) is 14.7 Å². The van der Waals surface area contributed by atoms with E-state index in [1.54, 1.807) is 24.4 Å². The SMILES string of the molecule is CCOc1cc(C=Nn2c(C3CCCCC3)nc3ccccc3c2=O)cc(Br)c1O[C@H](C)C(=O)O. The number of aliphatic carboxylic acids is 1. The molecule has 0 bridgehead atoms. The van der Waals surface area contributed by atoms with Gasteiger partial charge in [0.15, 0.2) is 17.6 Å². The standard InChI is InChI=1S/C26H28BrN3O5/c1-3-34-22-14-17(13-20(27)23(22)35-16(2)26(32)33)15-28-30-24(18-9-5-4-6-10-18)29-21-12-8-7-11-19(21)25(30)31/h7-8,11-16,18H,3-6,9-10H2,1-2H3,(H,32,33)/t16-/m1/s1. The Labute approximate surface area is 211 Å². The monoisotopic (exact) mass is 541 g/mol. The zero-order valence-electron chi connectivity index (χ0n) is 19.7. The molecule has 2 aromatic carbocycles. The normalized spacial score (nSPS) is 15.4. The van der Waals surface area contributed by atoms with E-state index in [2.05, 4.69) is 21.0 Å². The Morgan fingerprint density at radius 3 is 2.74 bits per heavy atom. The van der Waals surface area contributed by atoms with Crippen LogP contribution in [0.5, 0.6) is 11.5 Å². The number of carbonyl (C=O) groups is 1. The number of para-hydroxylation sites is 1. The zero-order chi connectivity index (χ0) is 24.9. The second-order valence-electron chi connectivity index (χ2n) is 8.54. The first-order valence-corrected chi connectivity index (χ1v) is 12.6. The fraction of sp³-hybridized carbons (Fsp3) is 0.385. The van der Waals surface area contributed by atoms with Crippen molar-refractivity contribution in [3.8, 4) is 11.5 Å². The first-order chi connectivity index (χ1) is 16.9. The maximum atomic E-state index is 13.4. The molecule has 1 aromatic heterocycles. The summed E-state index contributed by atoms with van der Waals surface area (Å²) in [4.78, 5) is 29.5. The molecule has 3 aromatic rings. The van der Waals surface area contributed by atoms with E-state index in [-0.39, 0.29) is 11.5 Å². The number of benzene rings is 2. The van der Waals surface area contributed by atoms with Crippen LogP contribution in [0.2, 0.25) is 0 Å². The average molecular weight is 542 g/mol. The van der Waals surface area contributed by atoms with Gasteiger partial charge in [-0.25, -0.2) is 9.78 Å². The van der Waals surface area contributed by atoms with Crippen LogP contribution in [0.25, 0.3) is 10.9 Å². The van der Waals surface area contributed by atoms with E-state index < -0.39 is 12.1 Å². The number of fused-ring (bicyclic) bond motifs is 1. The van der Waals surface area contributed by atoms with Crippen molar-refractivity contribution in [3.63, 3.8) is 0 Å². The number of hydrogen-bond acceptors (Lipinski definition) is 6.